The van der Waals surface area contributed by atoms with Crippen LogP contribution in [0.4, 0.5) is 0 Å². The number of likely N-dealkylation sites (tertiary alicyclic amines) is 1. The Kier molecular flexibility index (Phi) is 2.36. The number of nitrogens with zero attached hydrogens (tertiary/aromatic N) is 2. The van der Waals surface area contributed by atoms with Crippen LogP contribution in [-0.4, -0.2) is 46.8 Å². The van der Waals surface area contributed by atoms with Crippen LogP contribution >= 0.6 is 0 Å². The molecule has 1 N–H and O–H groups in total. The highest BCUT2D eigenvalue weighted by Crippen LogP contribution is 2.47. The first kappa shape index (κ1) is 11.5. The number of carbonyl (C=O) groups excluding carboxylic acids is 1. The Morgan fingerprint density at radius 3 is 2.56 bits per heavy atom. The Morgan fingerprint density at radius 1 is 1.33 bits per heavy atom. The zero-order valence-corrected chi connectivity index (χ0v) is 10.4. The van der Waals surface area contributed by atoms with Crippen LogP contribution in [0.15, 0.2) is 5.16 Å². The lowest BCUT2D eigenvalue weighted by Crippen LogP contribution is -2.33. The van der Waals surface area contributed by atoms with Gasteiger partial charge in [-0.3, -0.25) is 4.79 Å². The van der Waals surface area contributed by atoms with E-state index in [1.807, 2.05) is 0 Å². The van der Waals surface area contributed by atoms with Crippen molar-refractivity contribution in [3.8, 4) is 0 Å². The first-order valence-electron chi connectivity index (χ1n) is 6.26. The van der Waals surface area contributed by atoms with Crippen LogP contribution in [0.3, 0.4) is 0 Å². The number of amides is 1. The molecule has 4 atom stereocenters. The molecule has 6 heteroatoms. The van der Waals surface area contributed by atoms with Gasteiger partial charge in [-0.1, -0.05) is 19.0 Å². The van der Waals surface area contributed by atoms with Crippen molar-refractivity contribution in [1.29, 1.82) is 0 Å². The Bertz CT molecular complexity index is 439. The van der Waals surface area contributed by atoms with Crippen molar-refractivity contribution in [2.45, 2.75) is 20.0 Å². The third kappa shape index (κ3) is 1.51. The molecule has 0 aromatic rings. The molecule has 0 unspecified atom stereocenters. The second-order valence-corrected chi connectivity index (χ2v) is 5.52. The van der Waals surface area contributed by atoms with Crippen molar-refractivity contribution in [2.75, 3.05) is 13.1 Å². The maximum Gasteiger partial charge on any atom is 0.354 e. The SMILES string of the molecule is C[C@H]1C(C(=O)N2C[C@@H]3ON=C(C(=O)O)[C@@H]3C2)[C@@H]1C. The zero-order chi connectivity index (χ0) is 13.0. The summed E-state index contributed by atoms with van der Waals surface area (Å²) >= 11 is 0. The minimum absolute atomic E-state index is 0.0483. The number of fused-ring (bicyclic) bond motifs is 1. The van der Waals surface area contributed by atoms with E-state index >= 15 is 0 Å². The summed E-state index contributed by atoms with van der Waals surface area (Å²) in [6.45, 7) is 5.03. The number of hydrogen-bond acceptors (Lipinski definition) is 4. The van der Waals surface area contributed by atoms with E-state index in [2.05, 4.69) is 19.0 Å². The predicted octanol–water partition coefficient (Wildman–Crippen LogP) is 0.186. The van der Waals surface area contributed by atoms with Crippen molar-refractivity contribution < 1.29 is 19.5 Å². The molecular formula is C12H16N2O4. The van der Waals surface area contributed by atoms with Crippen LogP contribution in [-0.2, 0) is 14.4 Å². The fourth-order valence-corrected chi connectivity index (χ4v) is 3.04. The van der Waals surface area contributed by atoms with E-state index in [4.69, 9.17) is 9.94 Å². The number of carboxylic acid groups (broad SMARTS) is 1. The summed E-state index contributed by atoms with van der Waals surface area (Å²) in [7, 11) is 0. The van der Waals surface area contributed by atoms with Gasteiger partial charge in [-0.15, -0.1) is 0 Å². The topological polar surface area (TPSA) is 79.2 Å². The van der Waals surface area contributed by atoms with Crippen LogP contribution < -0.4 is 0 Å². The van der Waals surface area contributed by atoms with E-state index in [0.717, 1.165) is 0 Å². The quantitative estimate of drug-likeness (QED) is 0.760. The van der Waals surface area contributed by atoms with Gasteiger partial charge < -0.3 is 14.8 Å². The van der Waals surface area contributed by atoms with Crippen molar-refractivity contribution in [3.05, 3.63) is 0 Å². The van der Waals surface area contributed by atoms with E-state index in [0.29, 0.717) is 24.9 Å². The fourth-order valence-electron chi connectivity index (χ4n) is 3.04. The van der Waals surface area contributed by atoms with Gasteiger partial charge in [-0.05, 0) is 11.8 Å². The molecule has 98 valence electrons. The van der Waals surface area contributed by atoms with Gasteiger partial charge in [0.15, 0.2) is 11.8 Å². The summed E-state index contributed by atoms with van der Waals surface area (Å²) in [6.07, 6.45) is -0.274. The molecule has 2 fully saturated rings. The van der Waals surface area contributed by atoms with Gasteiger partial charge in [-0.2, -0.15) is 0 Å². The number of hydrogen-bond donors (Lipinski definition) is 1. The van der Waals surface area contributed by atoms with Gasteiger partial charge in [0, 0.05) is 12.5 Å². The molecule has 0 bridgehead atoms. The normalized spacial score (nSPS) is 41.1. The molecule has 1 amide bonds. The molecule has 0 aromatic heterocycles. The predicted molar refractivity (Wildman–Crippen MR) is 61.8 cm³/mol. The van der Waals surface area contributed by atoms with Crippen LogP contribution in [0.2, 0.25) is 0 Å². The Hall–Kier alpha value is -1.59. The molecule has 2 aliphatic heterocycles. The molecule has 0 aromatic carbocycles. The molecule has 6 nitrogen and oxygen atoms in total. The van der Waals surface area contributed by atoms with Gasteiger partial charge in [0.25, 0.3) is 0 Å². The van der Waals surface area contributed by atoms with Gasteiger partial charge in [0.1, 0.15) is 0 Å². The van der Waals surface area contributed by atoms with Crippen molar-refractivity contribution in [2.24, 2.45) is 28.8 Å². The highest BCUT2D eigenvalue weighted by Gasteiger charge is 2.53. The number of carboxylic acids is 1. The molecule has 3 rings (SSSR count). The standard InChI is InChI=1S/C12H16N2O4/c1-5-6(2)9(5)11(15)14-3-7-8(4-14)18-13-10(7)12(16)17/h5-9H,3-4H2,1-2H3,(H,16,17)/t5-,6-,7-,8+/m1/s1. The van der Waals surface area contributed by atoms with Gasteiger partial charge >= 0.3 is 5.97 Å². The second kappa shape index (κ2) is 3.70. The lowest BCUT2D eigenvalue weighted by Gasteiger charge is -2.16. The Morgan fingerprint density at radius 2 is 2.00 bits per heavy atom. The Labute approximate surface area is 105 Å². The van der Waals surface area contributed by atoms with Crippen molar-refractivity contribution in [1.82, 2.24) is 4.90 Å². The number of carbonyl (C=O) groups is 2. The molecule has 1 saturated carbocycles. The van der Waals surface area contributed by atoms with Crippen LogP contribution in [0.25, 0.3) is 0 Å². The summed E-state index contributed by atoms with van der Waals surface area (Å²) in [5.41, 5.74) is 0.0483. The third-order valence-electron chi connectivity index (χ3n) is 4.54. The largest absolute Gasteiger partial charge is 0.477 e. The molecule has 0 radical (unpaired) electrons. The third-order valence-corrected chi connectivity index (χ3v) is 4.54. The molecule has 18 heavy (non-hydrogen) atoms. The summed E-state index contributed by atoms with van der Waals surface area (Å²) in [5.74, 6) is -0.203. The van der Waals surface area contributed by atoms with Gasteiger partial charge in [0.05, 0.1) is 12.5 Å². The van der Waals surface area contributed by atoms with E-state index in [1.54, 1.807) is 4.90 Å². The van der Waals surface area contributed by atoms with Gasteiger partial charge in [0.2, 0.25) is 5.91 Å². The van der Waals surface area contributed by atoms with E-state index in [9.17, 15) is 9.59 Å². The first-order valence-corrected chi connectivity index (χ1v) is 6.26. The van der Waals surface area contributed by atoms with Crippen LogP contribution in [0, 0.1) is 23.7 Å². The minimum atomic E-state index is -1.05. The Balaban J connectivity index is 1.68. The van der Waals surface area contributed by atoms with Crippen molar-refractivity contribution >= 4 is 17.6 Å². The van der Waals surface area contributed by atoms with Crippen LogP contribution in [0.5, 0.6) is 0 Å². The number of rotatable bonds is 2. The molecule has 0 spiro atoms. The first-order chi connectivity index (χ1) is 8.50. The average molecular weight is 252 g/mol. The van der Waals surface area contributed by atoms with E-state index in [1.165, 1.54) is 0 Å². The molecule has 1 saturated heterocycles. The summed E-state index contributed by atoms with van der Waals surface area (Å²) < 4.78 is 0. The summed E-state index contributed by atoms with van der Waals surface area (Å²) in [6, 6.07) is 0. The number of oxime groups is 1. The molecular weight excluding hydrogens is 236 g/mol. The second-order valence-electron chi connectivity index (χ2n) is 5.52. The number of aliphatic carboxylic acids is 1. The lowest BCUT2D eigenvalue weighted by atomic mass is 10.0. The molecule has 1 aliphatic carbocycles. The lowest BCUT2D eigenvalue weighted by molar-refractivity contribution is -0.133. The van der Waals surface area contributed by atoms with E-state index in [-0.39, 0.29) is 29.6 Å². The minimum Gasteiger partial charge on any atom is -0.477 e. The van der Waals surface area contributed by atoms with E-state index < -0.39 is 5.97 Å². The highest BCUT2D eigenvalue weighted by atomic mass is 16.6. The summed E-state index contributed by atoms with van der Waals surface area (Å²) in [5, 5.41) is 12.6. The highest BCUT2D eigenvalue weighted by molar-refractivity contribution is 6.37. The smallest absolute Gasteiger partial charge is 0.354 e. The molecule has 3 aliphatic rings. The maximum atomic E-state index is 12.2. The molecule has 2 heterocycles. The monoisotopic (exact) mass is 252 g/mol. The van der Waals surface area contributed by atoms with Crippen LogP contribution in [0.1, 0.15) is 13.8 Å². The average Bonchev–Trinajstić information content (AvgIpc) is 2.72. The zero-order valence-electron chi connectivity index (χ0n) is 10.4. The summed E-state index contributed by atoms with van der Waals surface area (Å²) in [4.78, 5) is 30.0. The van der Waals surface area contributed by atoms with Crippen molar-refractivity contribution in [3.63, 3.8) is 0 Å². The maximum absolute atomic E-state index is 12.2. The fraction of sp³-hybridized carbons (Fsp3) is 0.750. The van der Waals surface area contributed by atoms with Gasteiger partial charge in [-0.25, -0.2) is 4.79 Å².